The molecule has 2 amide bonds. The Balaban J connectivity index is 1.63. The third kappa shape index (κ3) is 3.73. The van der Waals surface area contributed by atoms with Crippen molar-refractivity contribution in [2.75, 3.05) is 33.7 Å². The first-order chi connectivity index (χ1) is 12.4. The van der Waals surface area contributed by atoms with Gasteiger partial charge in [-0.15, -0.1) is 0 Å². The number of amides is 2. The predicted octanol–water partition coefficient (Wildman–Crippen LogP) is 0.432. The predicted molar refractivity (Wildman–Crippen MR) is 99.9 cm³/mol. The van der Waals surface area contributed by atoms with Gasteiger partial charge in [0.2, 0.25) is 5.91 Å². The normalized spacial score (nSPS) is 20.9. The number of aromatic nitrogens is 1. The molecule has 0 unspecified atom stereocenters. The van der Waals surface area contributed by atoms with Crippen molar-refractivity contribution in [3.05, 3.63) is 36.0 Å². The van der Waals surface area contributed by atoms with Crippen LogP contribution >= 0.6 is 0 Å². The summed E-state index contributed by atoms with van der Waals surface area (Å²) in [6.45, 7) is 1.32. The fraction of sp³-hybridized carbons (Fsp3) is 0.474. The lowest BCUT2D eigenvalue weighted by molar-refractivity contribution is -0.130. The van der Waals surface area contributed by atoms with Crippen LogP contribution in [-0.4, -0.2) is 77.2 Å². The quantitative estimate of drug-likeness (QED) is 0.831. The Hall–Kier alpha value is -2.38. The third-order valence-electron chi connectivity index (χ3n) is 5.02. The summed E-state index contributed by atoms with van der Waals surface area (Å²) in [6.07, 6.45) is -0.0882. The van der Waals surface area contributed by atoms with E-state index in [4.69, 9.17) is 0 Å². The second-order valence-electron chi connectivity index (χ2n) is 7.11. The summed E-state index contributed by atoms with van der Waals surface area (Å²) >= 11 is 0. The van der Waals surface area contributed by atoms with Gasteiger partial charge < -0.3 is 19.9 Å². The average molecular weight is 358 g/mol. The van der Waals surface area contributed by atoms with Crippen LogP contribution in [0.4, 0.5) is 0 Å². The number of likely N-dealkylation sites (N-methyl/N-ethyl adjacent to an activating group) is 1. The van der Waals surface area contributed by atoms with Crippen LogP contribution in [0.15, 0.2) is 30.3 Å². The lowest BCUT2D eigenvalue weighted by Gasteiger charge is -2.36. The molecule has 1 saturated heterocycles. The minimum Gasteiger partial charge on any atom is -0.390 e. The van der Waals surface area contributed by atoms with Crippen molar-refractivity contribution < 1.29 is 14.7 Å². The number of likely N-dealkylation sites (tertiary alicyclic amines) is 1. The minimum atomic E-state index is -0.697. The van der Waals surface area contributed by atoms with E-state index in [9.17, 15) is 14.7 Å². The minimum absolute atomic E-state index is 0.00943. The zero-order chi connectivity index (χ0) is 18.8. The number of fused-ring (bicyclic) bond motifs is 1. The maximum atomic E-state index is 12.7. The highest BCUT2D eigenvalue weighted by molar-refractivity contribution is 5.98. The van der Waals surface area contributed by atoms with Gasteiger partial charge in [0.05, 0.1) is 18.7 Å². The fourth-order valence-corrected chi connectivity index (χ4v) is 3.39. The van der Waals surface area contributed by atoms with E-state index in [0.29, 0.717) is 25.2 Å². The summed E-state index contributed by atoms with van der Waals surface area (Å²) in [6, 6.07) is 9.38. The smallest absolute Gasteiger partial charge is 0.268 e. The van der Waals surface area contributed by atoms with E-state index in [-0.39, 0.29) is 24.4 Å². The molecule has 7 nitrogen and oxygen atoms in total. The van der Waals surface area contributed by atoms with Crippen molar-refractivity contribution in [1.29, 1.82) is 0 Å². The number of para-hydroxylation sites is 1. The molecule has 0 radical (unpaired) electrons. The number of carbonyl (C=O) groups excluding carboxylic acids is 2. The second kappa shape index (κ2) is 7.47. The molecule has 0 bridgehead atoms. The van der Waals surface area contributed by atoms with E-state index < -0.39 is 6.10 Å². The summed E-state index contributed by atoms with van der Waals surface area (Å²) in [5, 5.41) is 14.4. The zero-order valence-corrected chi connectivity index (χ0v) is 15.5. The molecular formula is C19H26N4O3. The summed E-state index contributed by atoms with van der Waals surface area (Å²) in [4.78, 5) is 28.0. The second-order valence-corrected chi connectivity index (χ2v) is 7.11. The number of piperidine rings is 1. The van der Waals surface area contributed by atoms with Crippen LogP contribution in [0.2, 0.25) is 0 Å². The molecular weight excluding hydrogens is 332 g/mol. The highest BCUT2D eigenvalue weighted by Gasteiger charge is 2.30. The van der Waals surface area contributed by atoms with Gasteiger partial charge in [-0.05, 0) is 18.6 Å². The van der Waals surface area contributed by atoms with E-state index in [2.05, 4.69) is 5.32 Å². The monoisotopic (exact) mass is 358 g/mol. The lowest BCUT2D eigenvalue weighted by Crippen LogP contribution is -2.55. The number of rotatable bonds is 4. The Morgan fingerprint density at radius 3 is 2.69 bits per heavy atom. The maximum absolute atomic E-state index is 12.7. The molecule has 26 heavy (non-hydrogen) atoms. The highest BCUT2D eigenvalue weighted by Crippen LogP contribution is 2.19. The van der Waals surface area contributed by atoms with Crippen molar-refractivity contribution in [3.8, 4) is 0 Å². The van der Waals surface area contributed by atoms with Gasteiger partial charge in [0, 0.05) is 45.1 Å². The summed E-state index contributed by atoms with van der Waals surface area (Å²) < 4.78 is 1.86. The average Bonchev–Trinajstić information content (AvgIpc) is 2.94. The molecule has 7 heteroatoms. The van der Waals surface area contributed by atoms with Crippen LogP contribution < -0.4 is 5.32 Å². The van der Waals surface area contributed by atoms with Gasteiger partial charge in [-0.2, -0.15) is 0 Å². The van der Waals surface area contributed by atoms with Gasteiger partial charge in [0.15, 0.2) is 0 Å². The fourth-order valence-electron chi connectivity index (χ4n) is 3.39. The SMILES string of the molecule is CN(C)C(=O)CN1CC[C@@H](NC(=O)c2cc3ccccc3n2C)[C@H](O)C1. The topological polar surface area (TPSA) is 77.8 Å². The first kappa shape index (κ1) is 18.4. The number of hydrogen-bond donors (Lipinski definition) is 2. The van der Waals surface area contributed by atoms with Gasteiger partial charge in [-0.1, -0.05) is 18.2 Å². The number of nitrogens with zero attached hydrogens (tertiary/aromatic N) is 3. The van der Waals surface area contributed by atoms with Crippen molar-refractivity contribution in [2.45, 2.75) is 18.6 Å². The number of nitrogens with one attached hydrogen (secondary N) is 1. The highest BCUT2D eigenvalue weighted by atomic mass is 16.3. The van der Waals surface area contributed by atoms with Crippen LogP contribution in [0, 0.1) is 0 Å². The number of aliphatic hydroxyl groups is 1. The molecule has 2 aromatic rings. The van der Waals surface area contributed by atoms with Gasteiger partial charge >= 0.3 is 0 Å². The van der Waals surface area contributed by atoms with E-state index in [0.717, 1.165) is 10.9 Å². The largest absolute Gasteiger partial charge is 0.390 e. The summed E-state index contributed by atoms with van der Waals surface area (Å²) in [7, 11) is 5.30. The molecule has 1 aromatic heterocycles. The molecule has 1 aliphatic heterocycles. The Labute approximate surface area is 153 Å². The Morgan fingerprint density at radius 2 is 2.04 bits per heavy atom. The van der Waals surface area contributed by atoms with Gasteiger partial charge in [-0.3, -0.25) is 14.5 Å². The molecule has 0 aliphatic carbocycles. The molecule has 1 fully saturated rings. The standard InChI is InChI=1S/C19H26N4O3/c1-21(2)18(25)12-23-9-8-14(17(24)11-23)20-19(26)16-10-13-6-4-5-7-15(13)22(16)3/h4-7,10,14,17,24H,8-9,11-12H2,1-3H3,(H,20,26)/t14-,17-/m1/s1. The van der Waals surface area contributed by atoms with Gasteiger partial charge in [-0.25, -0.2) is 0 Å². The van der Waals surface area contributed by atoms with Crippen LogP contribution in [-0.2, 0) is 11.8 Å². The lowest BCUT2D eigenvalue weighted by atomic mass is 10.0. The van der Waals surface area contributed by atoms with Crippen LogP contribution in [0.25, 0.3) is 10.9 Å². The number of hydrogen-bond acceptors (Lipinski definition) is 4. The molecule has 1 aromatic carbocycles. The van der Waals surface area contributed by atoms with E-state index >= 15 is 0 Å². The number of carbonyl (C=O) groups is 2. The van der Waals surface area contributed by atoms with E-state index in [1.165, 1.54) is 0 Å². The molecule has 140 valence electrons. The van der Waals surface area contributed by atoms with Crippen molar-refractivity contribution in [2.24, 2.45) is 7.05 Å². The van der Waals surface area contributed by atoms with E-state index in [1.807, 2.05) is 46.8 Å². The number of benzene rings is 1. The molecule has 2 heterocycles. The van der Waals surface area contributed by atoms with Crippen molar-refractivity contribution >= 4 is 22.7 Å². The third-order valence-corrected chi connectivity index (χ3v) is 5.02. The molecule has 0 spiro atoms. The van der Waals surface area contributed by atoms with Crippen LogP contribution in [0.5, 0.6) is 0 Å². The molecule has 1 aliphatic rings. The number of aryl methyl sites for hydroxylation is 1. The molecule has 3 rings (SSSR count). The zero-order valence-electron chi connectivity index (χ0n) is 15.5. The Morgan fingerprint density at radius 1 is 1.31 bits per heavy atom. The van der Waals surface area contributed by atoms with Crippen LogP contribution in [0.3, 0.4) is 0 Å². The maximum Gasteiger partial charge on any atom is 0.268 e. The number of aliphatic hydroxyl groups excluding tert-OH is 1. The summed E-state index contributed by atoms with van der Waals surface area (Å²) in [5.74, 6) is -0.180. The van der Waals surface area contributed by atoms with Crippen molar-refractivity contribution in [3.63, 3.8) is 0 Å². The summed E-state index contributed by atoms with van der Waals surface area (Å²) in [5.41, 5.74) is 1.57. The number of β-amino-alcohol motifs (C(OH)–C–C–N with tert-alkyl or cyclic N) is 1. The first-order valence-corrected chi connectivity index (χ1v) is 8.82. The van der Waals surface area contributed by atoms with Gasteiger partial charge in [0.25, 0.3) is 5.91 Å². The van der Waals surface area contributed by atoms with Crippen molar-refractivity contribution in [1.82, 2.24) is 19.7 Å². The first-order valence-electron chi connectivity index (χ1n) is 8.82. The Kier molecular flexibility index (Phi) is 5.29. The Bertz CT molecular complexity index is 814. The van der Waals surface area contributed by atoms with E-state index in [1.54, 1.807) is 19.0 Å². The van der Waals surface area contributed by atoms with Gasteiger partial charge in [0.1, 0.15) is 5.69 Å². The van der Waals surface area contributed by atoms with Crippen LogP contribution in [0.1, 0.15) is 16.9 Å². The molecule has 2 N–H and O–H groups in total. The molecule has 0 saturated carbocycles. The molecule has 2 atom stereocenters.